The molecular formula is C22H19FN2OS. The molecule has 0 fully saturated rings. The molecule has 0 unspecified atom stereocenters. The van der Waals surface area contributed by atoms with E-state index >= 15 is 0 Å². The Labute approximate surface area is 161 Å². The third-order valence-electron chi connectivity index (χ3n) is 4.21. The van der Waals surface area contributed by atoms with Crippen LogP contribution in [0.2, 0.25) is 0 Å². The van der Waals surface area contributed by atoms with E-state index in [2.05, 4.69) is 22.8 Å². The van der Waals surface area contributed by atoms with Gasteiger partial charge in [0.05, 0.1) is 24.2 Å². The molecular weight excluding hydrogens is 359 g/mol. The number of halogens is 1. The second-order valence-electron chi connectivity index (χ2n) is 6.08. The molecule has 5 heteroatoms. The standard InChI is InChI=1S/C22H19FN2OS/c23-18-10-4-7-13-21(18)26-14-15-27-22-24-19-11-5-6-12-20(19)25(22)16-17-8-2-1-3-9-17/h1-13H,14-16H2. The number of fused-ring (bicyclic) bond motifs is 1. The average Bonchev–Trinajstić information content (AvgIpc) is 3.05. The Balaban J connectivity index is 1.49. The van der Waals surface area contributed by atoms with Crippen LogP contribution in [-0.2, 0) is 6.54 Å². The van der Waals surface area contributed by atoms with Crippen molar-refractivity contribution in [2.45, 2.75) is 11.7 Å². The lowest BCUT2D eigenvalue weighted by Crippen LogP contribution is -2.05. The fourth-order valence-electron chi connectivity index (χ4n) is 2.93. The van der Waals surface area contributed by atoms with Crippen LogP contribution in [0.5, 0.6) is 5.75 Å². The van der Waals surface area contributed by atoms with Gasteiger partial charge in [-0.05, 0) is 29.8 Å². The second-order valence-corrected chi connectivity index (χ2v) is 7.14. The zero-order chi connectivity index (χ0) is 18.5. The van der Waals surface area contributed by atoms with E-state index in [0.29, 0.717) is 12.4 Å². The van der Waals surface area contributed by atoms with Crippen molar-refractivity contribution in [1.82, 2.24) is 9.55 Å². The minimum atomic E-state index is -0.334. The summed E-state index contributed by atoms with van der Waals surface area (Å²) >= 11 is 1.62. The Bertz CT molecular complexity index is 1030. The Morgan fingerprint density at radius 1 is 0.889 bits per heavy atom. The second kappa shape index (κ2) is 8.27. The number of hydrogen-bond acceptors (Lipinski definition) is 3. The fraction of sp³-hybridized carbons (Fsp3) is 0.136. The van der Waals surface area contributed by atoms with Gasteiger partial charge in [-0.2, -0.15) is 0 Å². The Morgan fingerprint density at radius 2 is 1.63 bits per heavy atom. The van der Waals surface area contributed by atoms with Crippen LogP contribution in [0.1, 0.15) is 5.56 Å². The predicted molar refractivity (Wildman–Crippen MR) is 108 cm³/mol. The van der Waals surface area contributed by atoms with Crippen LogP contribution in [0.4, 0.5) is 4.39 Å². The first-order valence-corrected chi connectivity index (χ1v) is 9.79. The Hall–Kier alpha value is -2.79. The average molecular weight is 378 g/mol. The Kier molecular flexibility index (Phi) is 5.39. The molecule has 0 aliphatic heterocycles. The van der Waals surface area contributed by atoms with E-state index in [-0.39, 0.29) is 11.6 Å². The summed E-state index contributed by atoms with van der Waals surface area (Å²) < 4.78 is 21.4. The number of aromatic nitrogens is 2. The highest BCUT2D eigenvalue weighted by molar-refractivity contribution is 7.99. The molecule has 0 saturated carbocycles. The first-order chi connectivity index (χ1) is 13.3. The van der Waals surface area contributed by atoms with Crippen molar-refractivity contribution in [1.29, 1.82) is 0 Å². The zero-order valence-corrected chi connectivity index (χ0v) is 15.5. The van der Waals surface area contributed by atoms with Gasteiger partial charge in [-0.3, -0.25) is 0 Å². The summed E-state index contributed by atoms with van der Waals surface area (Å²) in [7, 11) is 0. The number of ether oxygens (including phenoxy) is 1. The first-order valence-electron chi connectivity index (χ1n) is 8.80. The van der Waals surface area contributed by atoms with Gasteiger partial charge in [-0.1, -0.05) is 66.4 Å². The SMILES string of the molecule is Fc1ccccc1OCCSc1nc2ccccc2n1Cc1ccccc1. The van der Waals surface area contributed by atoms with E-state index in [0.717, 1.165) is 22.7 Å². The molecule has 0 amide bonds. The molecule has 4 rings (SSSR count). The largest absolute Gasteiger partial charge is 0.490 e. The number of benzene rings is 3. The van der Waals surface area contributed by atoms with Crippen molar-refractivity contribution in [3.8, 4) is 5.75 Å². The van der Waals surface area contributed by atoms with Gasteiger partial charge < -0.3 is 9.30 Å². The summed E-state index contributed by atoms with van der Waals surface area (Å²) in [5, 5.41) is 0.942. The molecule has 0 bridgehead atoms. The van der Waals surface area contributed by atoms with E-state index < -0.39 is 0 Å². The summed E-state index contributed by atoms with van der Waals surface area (Å²) in [4.78, 5) is 4.77. The fourth-order valence-corrected chi connectivity index (χ4v) is 3.76. The van der Waals surface area contributed by atoms with Crippen LogP contribution in [0.15, 0.2) is 84.0 Å². The van der Waals surface area contributed by atoms with Crippen molar-refractivity contribution >= 4 is 22.8 Å². The molecule has 0 N–H and O–H groups in total. The highest BCUT2D eigenvalue weighted by Gasteiger charge is 2.11. The van der Waals surface area contributed by atoms with Gasteiger partial charge in [-0.15, -0.1) is 0 Å². The lowest BCUT2D eigenvalue weighted by Gasteiger charge is -2.10. The zero-order valence-electron chi connectivity index (χ0n) is 14.7. The lowest BCUT2D eigenvalue weighted by atomic mass is 10.2. The van der Waals surface area contributed by atoms with Gasteiger partial charge >= 0.3 is 0 Å². The monoisotopic (exact) mass is 378 g/mol. The summed E-state index contributed by atoms with van der Waals surface area (Å²) in [6, 6.07) is 25.0. The van der Waals surface area contributed by atoms with Crippen molar-refractivity contribution in [3.05, 3.63) is 90.2 Å². The molecule has 0 spiro atoms. The van der Waals surface area contributed by atoms with E-state index in [1.807, 2.05) is 36.4 Å². The number of thioether (sulfide) groups is 1. The van der Waals surface area contributed by atoms with Gasteiger partial charge in [0.1, 0.15) is 0 Å². The van der Waals surface area contributed by atoms with E-state index in [1.54, 1.807) is 30.0 Å². The maximum Gasteiger partial charge on any atom is 0.169 e. The lowest BCUT2D eigenvalue weighted by molar-refractivity contribution is 0.325. The first kappa shape index (κ1) is 17.6. The van der Waals surface area contributed by atoms with Crippen LogP contribution in [0, 0.1) is 5.82 Å². The number of para-hydroxylation sites is 3. The van der Waals surface area contributed by atoms with E-state index in [9.17, 15) is 4.39 Å². The molecule has 4 aromatic rings. The quantitative estimate of drug-likeness (QED) is 0.318. The normalized spacial score (nSPS) is 11.0. The maximum absolute atomic E-state index is 13.6. The van der Waals surface area contributed by atoms with Crippen molar-refractivity contribution in [2.75, 3.05) is 12.4 Å². The van der Waals surface area contributed by atoms with Crippen LogP contribution in [-0.4, -0.2) is 21.9 Å². The number of hydrogen-bond donors (Lipinski definition) is 0. The highest BCUT2D eigenvalue weighted by atomic mass is 32.2. The minimum Gasteiger partial charge on any atom is -0.490 e. The molecule has 0 saturated heterocycles. The maximum atomic E-state index is 13.6. The van der Waals surface area contributed by atoms with Crippen molar-refractivity contribution < 1.29 is 9.13 Å². The topological polar surface area (TPSA) is 27.1 Å². The number of rotatable bonds is 7. The smallest absolute Gasteiger partial charge is 0.169 e. The van der Waals surface area contributed by atoms with Crippen molar-refractivity contribution in [3.63, 3.8) is 0 Å². The molecule has 0 radical (unpaired) electrons. The van der Waals surface area contributed by atoms with E-state index in [4.69, 9.17) is 9.72 Å². The summed E-state index contributed by atoms with van der Waals surface area (Å²) in [6.07, 6.45) is 0. The van der Waals surface area contributed by atoms with Crippen LogP contribution in [0.3, 0.4) is 0 Å². The molecule has 1 heterocycles. The van der Waals surface area contributed by atoms with Crippen molar-refractivity contribution in [2.24, 2.45) is 0 Å². The van der Waals surface area contributed by atoms with Crippen LogP contribution in [0.25, 0.3) is 11.0 Å². The van der Waals surface area contributed by atoms with Gasteiger partial charge in [0.15, 0.2) is 16.7 Å². The highest BCUT2D eigenvalue weighted by Crippen LogP contribution is 2.25. The summed E-state index contributed by atoms with van der Waals surface area (Å²) in [5.41, 5.74) is 3.31. The summed E-state index contributed by atoms with van der Waals surface area (Å²) in [6.45, 7) is 1.18. The van der Waals surface area contributed by atoms with Gasteiger partial charge in [0.25, 0.3) is 0 Å². The molecule has 0 aliphatic carbocycles. The molecule has 0 atom stereocenters. The minimum absolute atomic E-state index is 0.288. The van der Waals surface area contributed by atoms with Gasteiger partial charge in [0.2, 0.25) is 0 Å². The number of nitrogens with zero attached hydrogens (tertiary/aromatic N) is 2. The molecule has 1 aromatic heterocycles. The van der Waals surface area contributed by atoms with Crippen LogP contribution >= 0.6 is 11.8 Å². The van der Waals surface area contributed by atoms with Gasteiger partial charge in [0, 0.05) is 5.75 Å². The predicted octanol–water partition coefficient (Wildman–Crippen LogP) is 5.39. The van der Waals surface area contributed by atoms with Gasteiger partial charge in [-0.25, -0.2) is 9.37 Å². The molecule has 0 aliphatic rings. The third kappa shape index (κ3) is 4.14. The third-order valence-corrected chi connectivity index (χ3v) is 5.15. The van der Waals surface area contributed by atoms with Crippen LogP contribution < -0.4 is 4.74 Å². The number of imidazole rings is 1. The Morgan fingerprint density at radius 3 is 2.48 bits per heavy atom. The molecule has 136 valence electrons. The molecule has 3 aromatic carbocycles. The summed E-state index contributed by atoms with van der Waals surface area (Å²) in [5.74, 6) is 0.640. The van der Waals surface area contributed by atoms with E-state index in [1.165, 1.54) is 11.6 Å². The molecule has 3 nitrogen and oxygen atoms in total. The molecule has 27 heavy (non-hydrogen) atoms.